The summed E-state index contributed by atoms with van der Waals surface area (Å²) in [6.45, 7) is 10.4. The molecule has 2 N–H and O–H groups in total. The summed E-state index contributed by atoms with van der Waals surface area (Å²) in [7, 11) is -3.17. The molecule has 98 valence electrons. The minimum absolute atomic E-state index is 0.137. The molecule has 0 aromatic carbocycles. The number of nitrogens with one attached hydrogen (secondary N) is 2. The average Bonchev–Trinajstić information content (AvgIpc) is 1.99. The zero-order chi connectivity index (χ0) is 12.8. The third kappa shape index (κ3) is 8.07. The van der Waals surface area contributed by atoms with Gasteiger partial charge in [0.25, 0.3) is 0 Å². The summed E-state index contributed by atoms with van der Waals surface area (Å²) in [4.78, 5) is 0. The molecule has 0 unspecified atom stereocenters. The van der Waals surface area contributed by atoms with E-state index in [1.165, 1.54) is 0 Å². The smallest absolute Gasteiger partial charge is 0.213 e. The van der Waals surface area contributed by atoms with Gasteiger partial charge in [0.2, 0.25) is 10.0 Å². The van der Waals surface area contributed by atoms with Crippen molar-refractivity contribution in [3.05, 3.63) is 0 Å². The first-order valence-electron chi connectivity index (χ1n) is 5.93. The lowest BCUT2D eigenvalue weighted by molar-refractivity contribution is 0.417. The minimum Gasteiger partial charge on any atom is -0.313 e. The molecule has 0 bridgehead atoms. The van der Waals surface area contributed by atoms with Gasteiger partial charge in [-0.2, -0.15) is 0 Å². The Hall–Kier alpha value is -0.130. The molecule has 0 heterocycles. The fraction of sp³-hybridized carbons (Fsp3) is 1.00. The summed E-state index contributed by atoms with van der Waals surface area (Å²) in [6, 6.07) is 0.318. The summed E-state index contributed by atoms with van der Waals surface area (Å²) >= 11 is 0. The number of rotatable bonds is 8. The Morgan fingerprint density at radius 3 is 2.25 bits per heavy atom. The highest BCUT2D eigenvalue weighted by molar-refractivity contribution is 7.89. The lowest BCUT2D eigenvalue weighted by atomic mass is 10.0. The van der Waals surface area contributed by atoms with Gasteiger partial charge in [-0.25, -0.2) is 13.1 Å². The van der Waals surface area contributed by atoms with Crippen LogP contribution in [0.15, 0.2) is 0 Å². The van der Waals surface area contributed by atoms with Crippen LogP contribution >= 0.6 is 0 Å². The lowest BCUT2D eigenvalue weighted by Gasteiger charge is -2.25. The first kappa shape index (κ1) is 15.9. The van der Waals surface area contributed by atoms with Crippen molar-refractivity contribution in [3.63, 3.8) is 0 Å². The molecule has 0 rings (SSSR count). The van der Waals surface area contributed by atoms with Crippen LogP contribution < -0.4 is 10.0 Å². The molecule has 0 aliphatic rings. The van der Waals surface area contributed by atoms with E-state index in [-0.39, 0.29) is 11.3 Å². The van der Waals surface area contributed by atoms with Gasteiger partial charge in [-0.05, 0) is 20.3 Å². The topological polar surface area (TPSA) is 58.2 Å². The molecule has 0 fully saturated rings. The van der Waals surface area contributed by atoms with Gasteiger partial charge in [-0.1, -0.05) is 27.2 Å². The van der Waals surface area contributed by atoms with Crippen LogP contribution in [0.4, 0.5) is 0 Å². The first-order chi connectivity index (χ1) is 7.18. The summed E-state index contributed by atoms with van der Waals surface area (Å²) in [5, 5.41) is 3.10. The molecule has 0 aliphatic carbocycles. The predicted molar refractivity (Wildman–Crippen MR) is 69.0 cm³/mol. The standard InChI is InChI=1S/C11H26N2O2S/c1-6-7-11(4,5)13-16(14,15)9-8-12-10(2)3/h10,12-13H,6-9H2,1-5H3. The van der Waals surface area contributed by atoms with Crippen LogP contribution in [0.3, 0.4) is 0 Å². The Morgan fingerprint density at radius 1 is 1.25 bits per heavy atom. The van der Waals surface area contributed by atoms with E-state index in [0.29, 0.717) is 12.6 Å². The maximum absolute atomic E-state index is 11.8. The van der Waals surface area contributed by atoms with Crippen molar-refractivity contribution in [2.45, 2.75) is 59.0 Å². The fourth-order valence-corrected chi connectivity index (χ4v) is 3.06. The third-order valence-electron chi connectivity index (χ3n) is 2.23. The van der Waals surface area contributed by atoms with Crippen molar-refractivity contribution in [1.82, 2.24) is 10.0 Å². The molecule has 0 radical (unpaired) electrons. The van der Waals surface area contributed by atoms with Gasteiger partial charge in [-0.15, -0.1) is 0 Å². The largest absolute Gasteiger partial charge is 0.313 e. The third-order valence-corrected chi connectivity index (χ3v) is 3.84. The molecule has 0 aromatic rings. The van der Waals surface area contributed by atoms with Crippen LogP contribution in [0.25, 0.3) is 0 Å². The zero-order valence-electron chi connectivity index (χ0n) is 11.1. The van der Waals surface area contributed by atoms with Crippen molar-refractivity contribution in [1.29, 1.82) is 0 Å². The summed E-state index contributed by atoms with van der Waals surface area (Å²) in [5.74, 6) is 0.137. The van der Waals surface area contributed by atoms with E-state index in [4.69, 9.17) is 0 Å². The summed E-state index contributed by atoms with van der Waals surface area (Å²) in [6.07, 6.45) is 1.82. The second-order valence-electron chi connectivity index (χ2n) is 5.16. The second kappa shape index (κ2) is 6.57. The first-order valence-corrected chi connectivity index (χ1v) is 7.59. The van der Waals surface area contributed by atoms with E-state index < -0.39 is 10.0 Å². The van der Waals surface area contributed by atoms with E-state index in [2.05, 4.69) is 17.0 Å². The molecule has 4 nitrogen and oxygen atoms in total. The van der Waals surface area contributed by atoms with E-state index in [0.717, 1.165) is 12.8 Å². The average molecular weight is 250 g/mol. The Labute approximate surface area is 100 Å². The van der Waals surface area contributed by atoms with E-state index >= 15 is 0 Å². The van der Waals surface area contributed by atoms with Crippen molar-refractivity contribution < 1.29 is 8.42 Å². The van der Waals surface area contributed by atoms with Crippen LogP contribution in [-0.2, 0) is 10.0 Å². The monoisotopic (exact) mass is 250 g/mol. The van der Waals surface area contributed by atoms with E-state index in [1.54, 1.807) is 0 Å². The quantitative estimate of drug-likeness (QED) is 0.686. The van der Waals surface area contributed by atoms with Crippen molar-refractivity contribution in [3.8, 4) is 0 Å². The van der Waals surface area contributed by atoms with Gasteiger partial charge in [0.15, 0.2) is 0 Å². The predicted octanol–water partition coefficient (Wildman–Crippen LogP) is 1.48. The minimum atomic E-state index is -3.17. The highest BCUT2D eigenvalue weighted by atomic mass is 32.2. The van der Waals surface area contributed by atoms with Crippen molar-refractivity contribution in [2.75, 3.05) is 12.3 Å². The van der Waals surface area contributed by atoms with Crippen LogP contribution in [0.2, 0.25) is 0 Å². The van der Waals surface area contributed by atoms with Crippen molar-refractivity contribution in [2.24, 2.45) is 0 Å². The van der Waals surface area contributed by atoms with Crippen LogP contribution in [0.5, 0.6) is 0 Å². The van der Waals surface area contributed by atoms with E-state index in [1.807, 2.05) is 27.7 Å². The van der Waals surface area contributed by atoms with Crippen LogP contribution in [0, 0.1) is 0 Å². The molecule has 16 heavy (non-hydrogen) atoms. The molecule has 0 spiro atoms. The SMILES string of the molecule is CCCC(C)(C)NS(=O)(=O)CCNC(C)C. The Balaban J connectivity index is 4.14. The lowest BCUT2D eigenvalue weighted by Crippen LogP contribution is -2.45. The number of sulfonamides is 1. The van der Waals surface area contributed by atoms with Crippen LogP contribution in [-0.4, -0.2) is 32.3 Å². The molecule has 0 saturated heterocycles. The molecule has 0 atom stereocenters. The Bertz CT molecular complexity index is 284. The normalized spacial score (nSPS) is 13.4. The molecular formula is C11H26N2O2S. The molecule has 0 aliphatic heterocycles. The van der Waals surface area contributed by atoms with Gasteiger partial charge in [0, 0.05) is 18.1 Å². The zero-order valence-corrected chi connectivity index (χ0v) is 11.9. The number of hydrogen-bond acceptors (Lipinski definition) is 3. The molecule has 0 aromatic heterocycles. The Morgan fingerprint density at radius 2 is 1.81 bits per heavy atom. The van der Waals surface area contributed by atoms with E-state index in [9.17, 15) is 8.42 Å². The van der Waals surface area contributed by atoms with Gasteiger partial charge in [0.1, 0.15) is 0 Å². The second-order valence-corrected chi connectivity index (χ2v) is 7.01. The van der Waals surface area contributed by atoms with Crippen molar-refractivity contribution >= 4 is 10.0 Å². The summed E-state index contributed by atoms with van der Waals surface area (Å²) in [5.41, 5.74) is -0.342. The number of hydrogen-bond donors (Lipinski definition) is 2. The summed E-state index contributed by atoms with van der Waals surface area (Å²) < 4.78 is 26.2. The molecule has 0 amide bonds. The molecule has 0 saturated carbocycles. The maximum atomic E-state index is 11.8. The molecule has 5 heteroatoms. The Kier molecular flexibility index (Phi) is 6.51. The van der Waals surface area contributed by atoms with Gasteiger partial charge in [0.05, 0.1) is 5.75 Å². The van der Waals surface area contributed by atoms with Crippen LogP contribution in [0.1, 0.15) is 47.5 Å². The van der Waals surface area contributed by atoms with Gasteiger partial charge < -0.3 is 5.32 Å². The fourth-order valence-electron chi connectivity index (χ4n) is 1.63. The molecular weight excluding hydrogens is 224 g/mol. The highest BCUT2D eigenvalue weighted by Gasteiger charge is 2.23. The maximum Gasteiger partial charge on any atom is 0.213 e. The highest BCUT2D eigenvalue weighted by Crippen LogP contribution is 2.12. The van der Waals surface area contributed by atoms with Gasteiger partial charge >= 0.3 is 0 Å². The van der Waals surface area contributed by atoms with Gasteiger partial charge in [-0.3, -0.25) is 0 Å².